The van der Waals surface area contributed by atoms with Gasteiger partial charge in [-0.05, 0) is 67.5 Å². The summed E-state index contributed by atoms with van der Waals surface area (Å²) in [6.45, 7) is 2.45. The zero-order chi connectivity index (χ0) is 29.8. The molecule has 7 nitrogen and oxygen atoms in total. The van der Waals surface area contributed by atoms with Crippen molar-refractivity contribution < 1.29 is 14.6 Å². The topological polar surface area (TPSA) is 92.6 Å². The van der Waals surface area contributed by atoms with Gasteiger partial charge in [0.05, 0.1) is 17.7 Å². The van der Waals surface area contributed by atoms with Crippen LogP contribution in [0.25, 0.3) is 5.69 Å². The fourth-order valence-corrected chi connectivity index (χ4v) is 6.22. The van der Waals surface area contributed by atoms with E-state index in [1.807, 2.05) is 60.7 Å². The minimum absolute atomic E-state index is 0.0488. The second kappa shape index (κ2) is 12.6. The molecule has 7 heteroatoms. The Kier molecular flexibility index (Phi) is 8.45. The van der Waals surface area contributed by atoms with Gasteiger partial charge in [-0.1, -0.05) is 67.6 Å². The van der Waals surface area contributed by atoms with Gasteiger partial charge in [0.1, 0.15) is 11.4 Å². The van der Waals surface area contributed by atoms with Crippen molar-refractivity contribution in [2.24, 2.45) is 0 Å². The summed E-state index contributed by atoms with van der Waals surface area (Å²) >= 11 is 0. The molecule has 0 radical (unpaired) electrons. The van der Waals surface area contributed by atoms with E-state index in [2.05, 4.69) is 35.8 Å². The van der Waals surface area contributed by atoms with E-state index in [0.29, 0.717) is 24.2 Å². The molecule has 1 amide bonds. The van der Waals surface area contributed by atoms with Crippen LogP contribution in [0.4, 0.5) is 0 Å². The standard InChI is InChI=1S/C36H39N3O4/c1-2-25-14-16-33-29(20-25)31(22-36(43-33)18-9-19-36)37-23-32(40)30(21-26-10-5-3-6-11-26)38-35(42)27-15-17-34(41)39(24-27)28-12-7-4-8-13-28/h3-8,10-17,20,24,30-32,37,40H,2,9,18-19,21-23H2,1H3,(H,38,42)/t30-,31-,32+/m0/s1. The molecule has 4 aromatic rings. The monoisotopic (exact) mass is 577 g/mol. The van der Waals surface area contributed by atoms with Crippen LogP contribution in [0, 0.1) is 0 Å². The first-order valence-electron chi connectivity index (χ1n) is 15.3. The lowest BCUT2D eigenvalue weighted by atomic mass is 9.72. The molecule has 2 heterocycles. The van der Waals surface area contributed by atoms with Crippen molar-refractivity contribution in [3.05, 3.63) is 130 Å². The number of para-hydroxylation sites is 1. The zero-order valence-corrected chi connectivity index (χ0v) is 24.5. The van der Waals surface area contributed by atoms with Crippen molar-refractivity contribution >= 4 is 5.91 Å². The number of aromatic nitrogens is 1. The highest BCUT2D eigenvalue weighted by Crippen LogP contribution is 2.49. The Labute approximate surface area is 252 Å². The number of aryl methyl sites for hydroxylation is 1. The van der Waals surface area contributed by atoms with Crippen LogP contribution in [0.15, 0.2) is 102 Å². The second-order valence-electron chi connectivity index (χ2n) is 11.8. The van der Waals surface area contributed by atoms with Gasteiger partial charge in [0, 0.05) is 42.5 Å². The van der Waals surface area contributed by atoms with Crippen LogP contribution in [-0.4, -0.2) is 39.9 Å². The first-order valence-corrected chi connectivity index (χ1v) is 15.3. The van der Waals surface area contributed by atoms with Crippen molar-refractivity contribution in [2.45, 2.75) is 69.2 Å². The highest BCUT2D eigenvalue weighted by molar-refractivity contribution is 5.94. The quantitative estimate of drug-likeness (QED) is 0.243. The maximum absolute atomic E-state index is 13.5. The molecule has 1 fully saturated rings. The molecule has 1 aliphatic carbocycles. The Morgan fingerprint density at radius 3 is 2.44 bits per heavy atom. The van der Waals surface area contributed by atoms with Gasteiger partial charge in [-0.15, -0.1) is 0 Å². The predicted octanol–water partition coefficient (Wildman–Crippen LogP) is 5.14. The highest BCUT2D eigenvalue weighted by atomic mass is 16.5. The number of hydrogen-bond donors (Lipinski definition) is 3. The Bertz CT molecular complexity index is 1610. The third-order valence-electron chi connectivity index (χ3n) is 8.89. The first kappa shape index (κ1) is 28.9. The summed E-state index contributed by atoms with van der Waals surface area (Å²) in [5, 5.41) is 18.3. The van der Waals surface area contributed by atoms with E-state index in [1.165, 1.54) is 28.7 Å². The van der Waals surface area contributed by atoms with Crippen molar-refractivity contribution in [2.75, 3.05) is 6.54 Å². The van der Waals surface area contributed by atoms with Crippen LogP contribution in [0.5, 0.6) is 5.75 Å². The van der Waals surface area contributed by atoms with E-state index in [1.54, 1.807) is 6.20 Å². The fraction of sp³-hybridized carbons (Fsp3) is 0.333. The summed E-state index contributed by atoms with van der Waals surface area (Å²) in [7, 11) is 0. The molecule has 2 aliphatic rings. The number of rotatable bonds is 10. The smallest absolute Gasteiger partial charge is 0.255 e. The molecule has 0 unspecified atom stereocenters. The Balaban J connectivity index is 1.21. The molecular formula is C36H39N3O4. The molecule has 1 spiro atoms. The molecule has 3 aromatic carbocycles. The number of ether oxygens (including phenoxy) is 1. The molecule has 0 bridgehead atoms. The van der Waals surface area contributed by atoms with Crippen LogP contribution in [0.3, 0.4) is 0 Å². The van der Waals surface area contributed by atoms with Gasteiger partial charge in [-0.25, -0.2) is 0 Å². The van der Waals surface area contributed by atoms with Gasteiger partial charge in [-0.2, -0.15) is 0 Å². The van der Waals surface area contributed by atoms with Crippen molar-refractivity contribution in [1.29, 1.82) is 0 Å². The van der Waals surface area contributed by atoms with Crippen LogP contribution >= 0.6 is 0 Å². The molecule has 1 aliphatic heterocycles. The number of carbonyl (C=O) groups is 1. The molecular weight excluding hydrogens is 538 g/mol. The predicted molar refractivity (Wildman–Crippen MR) is 168 cm³/mol. The number of carbonyl (C=O) groups excluding carboxylic acids is 1. The van der Waals surface area contributed by atoms with E-state index in [9.17, 15) is 14.7 Å². The van der Waals surface area contributed by atoms with E-state index in [0.717, 1.165) is 42.6 Å². The lowest BCUT2D eigenvalue weighted by molar-refractivity contribution is -0.0382. The largest absolute Gasteiger partial charge is 0.487 e. The van der Waals surface area contributed by atoms with Crippen LogP contribution in [0.2, 0.25) is 0 Å². The second-order valence-corrected chi connectivity index (χ2v) is 11.8. The molecule has 222 valence electrons. The van der Waals surface area contributed by atoms with Crippen LogP contribution in [-0.2, 0) is 12.8 Å². The van der Waals surface area contributed by atoms with Crippen molar-refractivity contribution in [1.82, 2.24) is 15.2 Å². The zero-order valence-electron chi connectivity index (χ0n) is 24.5. The van der Waals surface area contributed by atoms with E-state index >= 15 is 0 Å². The van der Waals surface area contributed by atoms with Crippen LogP contribution in [0.1, 0.15) is 65.7 Å². The Hall–Kier alpha value is -4.20. The summed E-state index contributed by atoms with van der Waals surface area (Å²) in [5.41, 5.74) is 4.07. The Morgan fingerprint density at radius 1 is 1.00 bits per heavy atom. The first-order chi connectivity index (χ1) is 20.9. The number of aliphatic hydroxyl groups excluding tert-OH is 1. The summed E-state index contributed by atoms with van der Waals surface area (Å²) in [6.07, 6.45) is 6.21. The van der Waals surface area contributed by atoms with Crippen LogP contribution < -0.4 is 20.9 Å². The molecule has 1 saturated carbocycles. The third-order valence-corrected chi connectivity index (χ3v) is 8.89. The molecule has 3 atom stereocenters. The lowest BCUT2D eigenvalue weighted by Gasteiger charge is -2.48. The number of hydrogen-bond acceptors (Lipinski definition) is 5. The number of pyridine rings is 1. The van der Waals surface area contributed by atoms with Crippen molar-refractivity contribution in [3.8, 4) is 11.4 Å². The van der Waals surface area contributed by atoms with Gasteiger partial charge in [-0.3, -0.25) is 14.2 Å². The number of nitrogens with zero attached hydrogens (tertiary/aromatic N) is 1. The number of amides is 1. The summed E-state index contributed by atoms with van der Waals surface area (Å²) in [5.74, 6) is 0.583. The molecule has 6 rings (SSSR count). The lowest BCUT2D eigenvalue weighted by Crippen LogP contribution is -2.52. The van der Waals surface area contributed by atoms with Gasteiger partial charge in [0.25, 0.3) is 11.5 Å². The van der Waals surface area contributed by atoms with Crippen molar-refractivity contribution in [3.63, 3.8) is 0 Å². The summed E-state index contributed by atoms with van der Waals surface area (Å²) in [6, 6.07) is 27.9. The number of benzene rings is 3. The minimum Gasteiger partial charge on any atom is -0.487 e. The van der Waals surface area contributed by atoms with Gasteiger partial charge in [0.2, 0.25) is 0 Å². The number of aliphatic hydroxyl groups is 1. The summed E-state index contributed by atoms with van der Waals surface area (Å²) < 4.78 is 7.95. The van der Waals surface area contributed by atoms with E-state index in [-0.39, 0.29) is 23.1 Å². The maximum atomic E-state index is 13.5. The molecule has 3 N–H and O–H groups in total. The normalized spacial score (nSPS) is 18.1. The number of fused-ring (bicyclic) bond motifs is 1. The van der Waals surface area contributed by atoms with E-state index < -0.39 is 12.1 Å². The van der Waals surface area contributed by atoms with Gasteiger partial charge < -0.3 is 20.5 Å². The minimum atomic E-state index is -0.859. The average molecular weight is 578 g/mol. The van der Waals surface area contributed by atoms with Gasteiger partial charge in [0.15, 0.2) is 0 Å². The fourth-order valence-electron chi connectivity index (χ4n) is 6.22. The highest BCUT2D eigenvalue weighted by Gasteiger charge is 2.45. The SMILES string of the molecule is CCc1ccc2c(c1)[C@@H](NC[C@@H](O)[C@H](Cc1ccccc1)NC(=O)c1ccc(=O)n(-c3ccccc3)c1)CC1(CCC1)O2. The third kappa shape index (κ3) is 6.43. The van der Waals surface area contributed by atoms with E-state index in [4.69, 9.17) is 4.74 Å². The van der Waals surface area contributed by atoms with Gasteiger partial charge >= 0.3 is 0 Å². The molecule has 43 heavy (non-hydrogen) atoms. The average Bonchev–Trinajstić information content (AvgIpc) is 3.03. The summed E-state index contributed by atoms with van der Waals surface area (Å²) in [4.78, 5) is 26.1. The molecule has 0 saturated heterocycles. The Morgan fingerprint density at radius 2 is 1.74 bits per heavy atom. The number of nitrogens with one attached hydrogen (secondary N) is 2. The maximum Gasteiger partial charge on any atom is 0.255 e. The molecule has 1 aromatic heterocycles.